The lowest BCUT2D eigenvalue weighted by Gasteiger charge is -2.18. The molecule has 0 aliphatic rings. The van der Waals surface area contributed by atoms with E-state index in [9.17, 15) is 14.4 Å². The third-order valence-corrected chi connectivity index (χ3v) is 4.90. The first-order valence-corrected chi connectivity index (χ1v) is 8.80. The van der Waals surface area contributed by atoms with Gasteiger partial charge in [-0.1, -0.05) is 23.9 Å². The Morgan fingerprint density at radius 1 is 1.28 bits per heavy atom. The van der Waals surface area contributed by atoms with Gasteiger partial charge in [0.25, 0.3) is 0 Å². The number of hydrogen-bond donors (Lipinski definition) is 1. The third-order valence-electron chi connectivity index (χ3n) is 3.81. The summed E-state index contributed by atoms with van der Waals surface area (Å²) < 4.78 is 13.0. The molecule has 0 saturated heterocycles. The summed E-state index contributed by atoms with van der Waals surface area (Å²) in [4.78, 5) is 16.8. The van der Waals surface area contributed by atoms with E-state index in [2.05, 4.69) is 16.4 Å². The zero-order chi connectivity index (χ0) is 18.6. The van der Waals surface area contributed by atoms with E-state index in [0.717, 1.165) is 16.8 Å². The number of carbonyl (C=O) groups excluding carboxylic acids is 1. The molecule has 4 nitrogen and oxygen atoms in total. The molecule has 0 aliphatic carbocycles. The van der Waals surface area contributed by atoms with Gasteiger partial charge in [0.05, 0.1) is 16.9 Å². The molecule has 0 fully saturated rings. The molecular weight excluding hydrogens is 337 g/mol. The van der Waals surface area contributed by atoms with Gasteiger partial charge >= 0.3 is 0 Å². The largest absolute Gasteiger partial charge is 0.349 e. The number of halogens is 1. The van der Waals surface area contributed by atoms with Crippen LogP contribution in [0.2, 0.25) is 0 Å². The molecule has 1 N–H and O–H groups in total. The van der Waals surface area contributed by atoms with Crippen molar-refractivity contribution in [3.05, 3.63) is 58.5 Å². The molecule has 0 spiro atoms. The Morgan fingerprint density at radius 3 is 2.52 bits per heavy atom. The van der Waals surface area contributed by atoms with Crippen molar-refractivity contribution >= 4 is 17.7 Å². The van der Waals surface area contributed by atoms with Gasteiger partial charge < -0.3 is 5.32 Å². The summed E-state index contributed by atoms with van der Waals surface area (Å²) in [6.07, 6.45) is 0. The number of amides is 1. The van der Waals surface area contributed by atoms with Crippen molar-refractivity contribution in [2.75, 3.05) is 0 Å². The average Bonchev–Trinajstić information content (AvgIpc) is 2.54. The molecule has 0 aliphatic heterocycles. The summed E-state index contributed by atoms with van der Waals surface area (Å²) in [5, 5.41) is 12.4. The first-order valence-electron chi connectivity index (χ1n) is 7.92. The number of nitrogens with one attached hydrogen (secondary N) is 1. The van der Waals surface area contributed by atoms with Gasteiger partial charge in [0.15, 0.2) is 0 Å². The number of benzene rings is 1. The molecule has 2 unspecified atom stereocenters. The van der Waals surface area contributed by atoms with Crippen molar-refractivity contribution in [1.82, 2.24) is 10.3 Å². The summed E-state index contributed by atoms with van der Waals surface area (Å²) >= 11 is 1.27. The van der Waals surface area contributed by atoms with E-state index in [1.165, 1.54) is 23.9 Å². The fourth-order valence-corrected chi connectivity index (χ4v) is 3.44. The van der Waals surface area contributed by atoms with E-state index in [1.54, 1.807) is 19.1 Å². The summed E-state index contributed by atoms with van der Waals surface area (Å²) in [6.45, 7) is 7.34. The zero-order valence-corrected chi connectivity index (χ0v) is 15.4. The molecule has 6 heteroatoms. The van der Waals surface area contributed by atoms with Crippen LogP contribution in [0.25, 0.3) is 0 Å². The van der Waals surface area contributed by atoms with E-state index < -0.39 is 5.25 Å². The molecule has 1 amide bonds. The fourth-order valence-electron chi connectivity index (χ4n) is 2.41. The topological polar surface area (TPSA) is 65.8 Å². The Hall–Kier alpha value is -2.39. The average molecular weight is 357 g/mol. The minimum absolute atomic E-state index is 0.160. The molecule has 1 aromatic heterocycles. The molecule has 2 rings (SSSR count). The van der Waals surface area contributed by atoms with Crippen LogP contribution >= 0.6 is 11.8 Å². The Morgan fingerprint density at radius 2 is 1.92 bits per heavy atom. The highest BCUT2D eigenvalue weighted by Gasteiger charge is 2.20. The number of carbonyl (C=O) groups is 1. The Bertz CT molecular complexity index is 815. The predicted molar refractivity (Wildman–Crippen MR) is 96.7 cm³/mol. The second-order valence-corrected chi connectivity index (χ2v) is 7.24. The van der Waals surface area contributed by atoms with E-state index in [0.29, 0.717) is 10.6 Å². The maximum absolute atomic E-state index is 13.0. The van der Waals surface area contributed by atoms with Crippen LogP contribution in [0.15, 0.2) is 35.4 Å². The highest BCUT2D eigenvalue weighted by molar-refractivity contribution is 8.00. The van der Waals surface area contributed by atoms with Crippen LogP contribution < -0.4 is 5.32 Å². The van der Waals surface area contributed by atoms with E-state index in [1.807, 2.05) is 26.8 Å². The summed E-state index contributed by atoms with van der Waals surface area (Å²) in [7, 11) is 0. The van der Waals surface area contributed by atoms with Crippen LogP contribution in [0.5, 0.6) is 0 Å². The van der Waals surface area contributed by atoms with E-state index >= 15 is 0 Å². The number of nitrogens with zero attached hydrogens (tertiary/aromatic N) is 2. The van der Waals surface area contributed by atoms with Crippen LogP contribution in [0, 0.1) is 31.0 Å². The minimum Gasteiger partial charge on any atom is -0.349 e. The Labute approximate surface area is 151 Å². The maximum Gasteiger partial charge on any atom is 0.233 e. The number of nitriles is 1. The quantitative estimate of drug-likeness (QED) is 0.819. The molecule has 0 bridgehead atoms. The third kappa shape index (κ3) is 4.80. The molecule has 0 radical (unpaired) electrons. The van der Waals surface area contributed by atoms with Gasteiger partial charge in [-0.25, -0.2) is 9.37 Å². The molecule has 2 atom stereocenters. The van der Waals surface area contributed by atoms with E-state index in [-0.39, 0.29) is 17.8 Å². The normalized spacial score (nSPS) is 13.0. The molecule has 25 heavy (non-hydrogen) atoms. The number of hydrogen-bond acceptors (Lipinski definition) is 4. The Balaban J connectivity index is 2.08. The molecule has 1 heterocycles. The van der Waals surface area contributed by atoms with Crippen molar-refractivity contribution in [2.24, 2.45) is 0 Å². The molecule has 1 aromatic carbocycles. The van der Waals surface area contributed by atoms with Crippen molar-refractivity contribution in [1.29, 1.82) is 5.26 Å². The summed E-state index contributed by atoms with van der Waals surface area (Å²) in [6, 6.07) is 9.81. The van der Waals surface area contributed by atoms with Gasteiger partial charge in [-0.05, 0) is 57.0 Å². The van der Waals surface area contributed by atoms with Gasteiger partial charge in [0.1, 0.15) is 16.9 Å². The van der Waals surface area contributed by atoms with Gasteiger partial charge in [0, 0.05) is 5.69 Å². The SMILES string of the molecule is Cc1cc(C)c(C#N)c(SC(C)C(=O)NC(C)c2ccc(F)cc2)n1. The molecular formula is C19H20FN3OS. The number of thioether (sulfide) groups is 1. The second-order valence-electron chi connectivity index (χ2n) is 5.91. The van der Waals surface area contributed by atoms with Crippen molar-refractivity contribution in [2.45, 2.75) is 44.0 Å². The second kappa shape index (κ2) is 8.13. The lowest BCUT2D eigenvalue weighted by Crippen LogP contribution is -2.33. The maximum atomic E-state index is 13.0. The van der Waals surface area contributed by atoms with Gasteiger partial charge in [-0.2, -0.15) is 5.26 Å². The molecule has 130 valence electrons. The standard InChI is InChI=1S/C19H20FN3OS/c1-11-9-12(2)22-19(17(11)10-21)25-14(4)18(24)23-13(3)15-5-7-16(20)8-6-15/h5-9,13-14H,1-4H3,(H,23,24). The van der Waals surface area contributed by atoms with Crippen molar-refractivity contribution in [3.63, 3.8) is 0 Å². The van der Waals surface area contributed by atoms with Crippen LogP contribution in [-0.2, 0) is 4.79 Å². The van der Waals surface area contributed by atoms with Crippen LogP contribution in [0.1, 0.15) is 42.3 Å². The number of rotatable bonds is 5. The number of pyridine rings is 1. The van der Waals surface area contributed by atoms with Crippen molar-refractivity contribution < 1.29 is 9.18 Å². The molecule has 2 aromatic rings. The van der Waals surface area contributed by atoms with Gasteiger partial charge in [-0.3, -0.25) is 4.79 Å². The van der Waals surface area contributed by atoms with Crippen LogP contribution in [-0.4, -0.2) is 16.1 Å². The van der Waals surface area contributed by atoms with E-state index in [4.69, 9.17) is 0 Å². The minimum atomic E-state index is -0.413. The smallest absolute Gasteiger partial charge is 0.233 e. The van der Waals surface area contributed by atoms with Gasteiger partial charge in [-0.15, -0.1) is 0 Å². The molecule has 0 saturated carbocycles. The van der Waals surface area contributed by atoms with Crippen LogP contribution in [0.4, 0.5) is 4.39 Å². The number of aryl methyl sites for hydroxylation is 2. The summed E-state index contributed by atoms with van der Waals surface area (Å²) in [5.74, 6) is -0.470. The zero-order valence-electron chi connectivity index (χ0n) is 14.6. The Kier molecular flexibility index (Phi) is 6.16. The number of aromatic nitrogens is 1. The predicted octanol–water partition coefficient (Wildman–Crippen LogP) is 4.07. The first kappa shape index (κ1) is 18.9. The highest BCUT2D eigenvalue weighted by Crippen LogP contribution is 2.27. The lowest BCUT2D eigenvalue weighted by atomic mass is 10.1. The summed E-state index contributed by atoms with van der Waals surface area (Å²) in [5.41, 5.74) is 2.99. The monoisotopic (exact) mass is 357 g/mol. The fraction of sp³-hybridized carbons (Fsp3) is 0.316. The van der Waals surface area contributed by atoms with Gasteiger partial charge in [0.2, 0.25) is 5.91 Å². The van der Waals surface area contributed by atoms with Crippen LogP contribution in [0.3, 0.4) is 0 Å². The van der Waals surface area contributed by atoms with Crippen molar-refractivity contribution in [3.8, 4) is 6.07 Å². The highest BCUT2D eigenvalue weighted by atomic mass is 32.2. The first-order chi connectivity index (χ1) is 11.8. The lowest BCUT2D eigenvalue weighted by molar-refractivity contribution is -0.120.